The number of hydrogen-bond acceptors (Lipinski definition) is 9. The Morgan fingerprint density at radius 2 is 1.51 bits per heavy atom. The molecular formula is C28H39BrO9S. The van der Waals surface area contributed by atoms with Crippen LogP contribution >= 0.6 is 15.9 Å². The number of halogens is 1. The van der Waals surface area contributed by atoms with Crippen molar-refractivity contribution in [3.8, 4) is 28.7 Å². The fourth-order valence-corrected chi connectivity index (χ4v) is 6.33. The van der Waals surface area contributed by atoms with Crippen LogP contribution in [-0.4, -0.2) is 65.3 Å². The second-order valence-electron chi connectivity index (χ2n) is 9.37. The number of ether oxygens (including phenoxy) is 6. The molecule has 0 saturated carbocycles. The molecule has 2 aromatic rings. The highest BCUT2D eigenvalue weighted by Gasteiger charge is 2.33. The van der Waals surface area contributed by atoms with Crippen molar-refractivity contribution in [1.29, 1.82) is 0 Å². The molecule has 1 aliphatic rings. The van der Waals surface area contributed by atoms with Crippen LogP contribution < -0.4 is 23.7 Å². The quantitative estimate of drug-likeness (QED) is 0.204. The van der Waals surface area contributed by atoms with Gasteiger partial charge in [0, 0.05) is 5.33 Å². The van der Waals surface area contributed by atoms with E-state index in [1.54, 1.807) is 27.4 Å². The van der Waals surface area contributed by atoms with Gasteiger partial charge in [0.15, 0.2) is 32.8 Å². The molecular weight excluding hydrogens is 592 g/mol. The number of alkyl halides is 1. The Hall–Kier alpha value is -2.21. The minimum atomic E-state index is -3.88. The van der Waals surface area contributed by atoms with Gasteiger partial charge in [-0.25, -0.2) is 8.42 Å². The van der Waals surface area contributed by atoms with Crippen LogP contribution in [0.5, 0.6) is 28.7 Å². The van der Waals surface area contributed by atoms with Crippen molar-refractivity contribution in [2.75, 3.05) is 45.6 Å². The third-order valence-corrected chi connectivity index (χ3v) is 8.73. The predicted molar refractivity (Wildman–Crippen MR) is 152 cm³/mol. The Morgan fingerprint density at radius 3 is 2.03 bits per heavy atom. The minimum Gasteiger partial charge on any atom is -0.493 e. The van der Waals surface area contributed by atoms with Crippen LogP contribution in [0.1, 0.15) is 62.9 Å². The van der Waals surface area contributed by atoms with Crippen LogP contribution in [0.15, 0.2) is 29.2 Å². The highest BCUT2D eigenvalue weighted by atomic mass is 79.9. The first kappa shape index (κ1) is 31.3. The van der Waals surface area contributed by atoms with E-state index in [0.29, 0.717) is 61.0 Å². The van der Waals surface area contributed by atoms with Gasteiger partial charge in [0.05, 0.1) is 58.6 Å². The van der Waals surface area contributed by atoms with Gasteiger partial charge in [0.2, 0.25) is 5.75 Å². The Bertz CT molecular complexity index is 1170. The van der Waals surface area contributed by atoms with E-state index in [4.69, 9.17) is 28.4 Å². The van der Waals surface area contributed by atoms with E-state index in [0.717, 1.165) is 17.3 Å². The standard InChI is InChI=1S/C28H39BrO9S/c1-6-11-37-28-25(36-12-7-10-29)15-20(16-26(28)39(31,32)17-18(2)30)22-9-8-21(38-22)19-13-23(33-3)27(35-5)24(14-19)34-4/h13-16,18,21-22,30H,6-12,17H2,1-5H3/t18?,21-,22-/m0/s1. The Morgan fingerprint density at radius 1 is 0.923 bits per heavy atom. The number of aliphatic hydroxyl groups is 1. The molecule has 3 rings (SSSR count). The summed E-state index contributed by atoms with van der Waals surface area (Å²) in [5.74, 6) is 1.66. The summed E-state index contributed by atoms with van der Waals surface area (Å²) in [4.78, 5) is 0.00280. The van der Waals surface area contributed by atoms with Crippen LogP contribution in [0.25, 0.3) is 0 Å². The summed E-state index contributed by atoms with van der Waals surface area (Å²) in [6.45, 7) is 4.10. The molecule has 1 unspecified atom stereocenters. The van der Waals surface area contributed by atoms with Gasteiger partial charge in [-0.15, -0.1) is 0 Å². The topological polar surface area (TPSA) is 110 Å². The maximum atomic E-state index is 13.4. The first-order chi connectivity index (χ1) is 18.7. The zero-order valence-corrected chi connectivity index (χ0v) is 25.6. The highest BCUT2D eigenvalue weighted by Crippen LogP contribution is 2.48. The Kier molecular flexibility index (Phi) is 11.6. The summed E-state index contributed by atoms with van der Waals surface area (Å²) in [6.07, 6.45) is 1.10. The lowest BCUT2D eigenvalue weighted by molar-refractivity contribution is 0.0435. The minimum absolute atomic E-state index is 0.00280. The predicted octanol–water partition coefficient (Wildman–Crippen LogP) is 5.41. The van der Waals surface area contributed by atoms with E-state index >= 15 is 0 Å². The average Bonchev–Trinajstić information content (AvgIpc) is 3.41. The number of rotatable bonds is 15. The molecule has 0 aliphatic carbocycles. The van der Waals surface area contributed by atoms with E-state index in [9.17, 15) is 13.5 Å². The fraction of sp³-hybridized carbons (Fsp3) is 0.571. The van der Waals surface area contributed by atoms with Gasteiger partial charge in [-0.3, -0.25) is 0 Å². The van der Waals surface area contributed by atoms with E-state index in [1.165, 1.54) is 6.92 Å². The largest absolute Gasteiger partial charge is 0.493 e. The summed E-state index contributed by atoms with van der Waals surface area (Å²) in [5.41, 5.74) is 1.54. The van der Waals surface area contributed by atoms with Crippen LogP contribution in [0, 0.1) is 0 Å². The molecule has 1 fully saturated rings. The monoisotopic (exact) mass is 630 g/mol. The highest BCUT2D eigenvalue weighted by molar-refractivity contribution is 9.09. The number of methoxy groups -OCH3 is 3. The maximum absolute atomic E-state index is 13.4. The van der Waals surface area contributed by atoms with Gasteiger partial charge < -0.3 is 33.5 Å². The smallest absolute Gasteiger partial charge is 0.203 e. The molecule has 1 N–H and O–H groups in total. The van der Waals surface area contributed by atoms with Gasteiger partial charge >= 0.3 is 0 Å². The fourth-order valence-electron chi connectivity index (χ4n) is 4.53. The molecule has 0 amide bonds. The Labute approximate surface area is 239 Å². The first-order valence-electron chi connectivity index (χ1n) is 13.0. The molecule has 0 radical (unpaired) electrons. The van der Waals surface area contributed by atoms with Crippen LogP contribution in [0.4, 0.5) is 0 Å². The van der Waals surface area contributed by atoms with Crippen LogP contribution in [0.3, 0.4) is 0 Å². The van der Waals surface area contributed by atoms with Gasteiger partial charge in [-0.2, -0.15) is 0 Å². The summed E-state index contributed by atoms with van der Waals surface area (Å²) < 4.78 is 61.6. The lowest BCUT2D eigenvalue weighted by atomic mass is 10.0. The molecule has 0 bridgehead atoms. The summed E-state index contributed by atoms with van der Waals surface area (Å²) in [5, 5.41) is 10.7. The molecule has 3 atom stereocenters. The molecule has 1 saturated heterocycles. The number of benzene rings is 2. The van der Waals surface area contributed by atoms with Crippen molar-refractivity contribution in [3.63, 3.8) is 0 Å². The van der Waals surface area contributed by atoms with Crippen molar-refractivity contribution in [2.24, 2.45) is 0 Å². The second-order valence-corrected chi connectivity index (χ2v) is 12.2. The van der Waals surface area contributed by atoms with Crippen molar-refractivity contribution in [1.82, 2.24) is 0 Å². The van der Waals surface area contributed by atoms with E-state index < -0.39 is 21.7 Å². The van der Waals surface area contributed by atoms with Gasteiger partial charge in [0.1, 0.15) is 4.90 Å². The third-order valence-electron chi connectivity index (χ3n) is 6.28. The van der Waals surface area contributed by atoms with Crippen LogP contribution in [0.2, 0.25) is 0 Å². The molecule has 0 spiro atoms. The maximum Gasteiger partial charge on any atom is 0.203 e. The molecule has 9 nitrogen and oxygen atoms in total. The van der Waals surface area contributed by atoms with Crippen molar-refractivity contribution >= 4 is 25.8 Å². The number of hydrogen-bond donors (Lipinski definition) is 1. The number of sulfone groups is 1. The summed E-state index contributed by atoms with van der Waals surface area (Å²) >= 11 is 3.40. The molecule has 218 valence electrons. The zero-order chi connectivity index (χ0) is 28.6. The van der Waals surface area contributed by atoms with E-state index in [1.807, 2.05) is 25.1 Å². The molecule has 1 heterocycles. The lowest BCUT2D eigenvalue weighted by Gasteiger charge is -2.21. The summed E-state index contributed by atoms with van der Waals surface area (Å²) in [7, 11) is 0.795. The van der Waals surface area contributed by atoms with Gasteiger partial charge in [-0.05, 0) is 68.0 Å². The molecule has 11 heteroatoms. The molecule has 39 heavy (non-hydrogen) atoms. The molecule has 1 aliphatic heterocycles. The zero-order valence-electron chi connectivity index (χ0n) is 23.2. The SMILES string of the molecule is CCCOc1c(OCCCBr)cc([C@@H]2CC[C@@H](c3cc(OC)c(OC)c(OC)c3)O2)cc1S(=O)(=O)CC(C)O. The van der Waals surface area contributed by atoms with E-state index in [2.05, 4.69) is 15.9 Å². The van der Waals surface area contributed by atoms with Crippen molar-refractivity contribution < 1.29 is 41.9 Å². The van der Waals surface area contributed by atoms with Crippen molar-refractivity contribution in [3.05, 3.63) is 35.4 Å². The van der Waals surface area contributed by atoms with E-state index in [-0.39, 0.29) is 22.9 Å². The average molecular weight is 632 g/mol. The van der Waals surface area contributed by atoms with Crippen LogP contribution in [-0.2, 0) is 14.6 Å². The van der Waals surface area contributed by atoms with Gasteiger partial charge in [0.25, 0.3) is 0 Å². The van der Waals surface area contributed by atoms with Crippen molar-refractivity contribution in [2.45, 2.75) is 62.7 Å². The molecule has 0 aromatic heterocycles. The Balaban J connectivity index is 2.03. The third kappa shape index (κ3) is 7.71. The van der Waals surface area contributed by atoms with Gasteiger partial charge in [-0.1, -0.05) is 22.9 Å². The number of aliphatic hydroxyl groups excluding tert-OH is 1. The molecule has 2 aromatic carbocycles. The second kappa shape index (κ2) is 14.4. The first-order valence-corrected chi connectivity index (χ1v) is 15.8. The lowest BCUT2D eigenvalue weighted by Crippen LogP contribution is -2.19. The summed E-state index contributed by atoms with van der Waals surface area (Å²) in [6, 6.07) is 7.14. The normalized spacial score (nSPS) is 18.0.